The first kappa shape index (κ1) is 58.4. The van der Waals surface area contributed by atoms with Crippen molar-refractivity contribution in [3.63, 3.8) is 0 Å². The van der Waals surface area contributed by atoms with Crippen LogP contribution in [0.15, 0.2) is 48.6 Å². The quantitative estimate of drug-likeness (QED) is 0.0263. The van der Waals surface area contributed by atoms with Gasteiger partial charge in [-0.1, -0.05) is 211 Å². The summed E-state index contributed by atoms with van der Waals surface area (Å²) < 4.78 is 16.8. The maximum absolute atomic E-state index is 12.8. The number of carbonyl (C=O) groups is 3. The lowest BCUT2D eigenvalue weighted by atomic mass is 10.0. The van der Waals surface area contributed by atoms with Crippen LogP contribution in [0, 0.1) is 0 Å². The molecule has 0 fully saturated rings. The highest BCUT2D eigenvalue weighted by Crippen LogP contribution is 2.15. The van der Waals surface area contributed by atoms with Crippen LogP contribution in [0.4, 0.5) is 0 Å². The second-order valence-electron chi connectivity index (χ2n) is 17.4. The molecular formula is C55H98O6. The molecule has 0 aromatic heterocycles. The van der Waals surface area contributed by atoms with Gasteiger partial charge in [-0.3, -0.25) is 14.4 Å². The van der Waals surface area contributed by atoms with Crippen molar-refractivity contribution in [1.29, 1.82) is 0 Å². The van der Waals surface area contributed by atoms with E-state index in [2.05, 4.69) is 69.4 Å². The van der Waals surface area contributed by atoms with Gasteiger partial charge in [-0.2, -0.15) is 0 Å². The standard InChI is InChI=1S/C55H98O6/c1-4-7-10-13-16-19-22-25-26-27-28-29-30-31-34-36-39-42-45-48-54(57)60-51-52(61-55(58)49-46-43-40-37-33-24-21-18-15-12-9-6-3)50-59-53(56)47-44-41-38-35-32-23-20-17-14-11-8-5-2/h16,18-19,21,25-26,28-29,52H,4-15,17,20,22-24,27,30-51H2,1-3H3/b19-16-,21-18-,26-25-,29-28-. The summed E-state index contributed by atoms with van der Waals surface area (Å²) in [6.45, 7) is 6.58. The summed E-state index contributed by atoms with van der Waals surface area (Å²) in [5.74, 6) is -0.894. The van der Waals surface area contributed by atoms with Gasteiger partial charge in [0.2, 0.25) is 0 Å². The molecule has 0 saturated carbocycles. The van der Waals surface area contributed by atoms with Crippen LogP contribution >= 0.6 is 0 Å². The van der Waals surface area contributed by atoms with Crippen LogP contribution in [0.1, 0.15) is 265 Å². The molecule has 0 radical (unpaired) electrons. The fourth-order valence-electron chi connectivity index (χ4n) is 7.33. The summed E-state index contributed by atoms with van der Waals surface area (Å²) in [5, 5.41) is 0. The summed E-state index contributed by atoms with van der Waals surface area (Å²) in [7, 11) is 0. The lowest BCUT2D eigenvalue weighted by Crippen LogP contribution is -2.30. The monoisotopic (exact) mass is 855 g/mol. The number of allylic oxidation sites excluding steroid dienone is 8. The molecule has 0 heterocycles. The van der Waals surface area contributed by atoms with E-state index >= 15 is 0 Å². The third kappa shape index (κ3) is 48.3. The number of carbonyl (C=O) groups excluding carboxylic acids is 3. The summed E-state index contributed by atoms with van der Waals surface area (Å²) >= 11 is 0. The van der Waals surface area contributed by atoms with Gasteiger partial charge in [0.15, 0.2) is 6.10 Å². The number of hydrogen-bond donors (Lipinski definition) is 0. The fraction of sp³-hybridized carbons (Fsp3) is 0.800. The van der Waals surface area contributed by atoms with Gasteiger partial charge in [0.05, 0.1) is 0 Å². The Balaban J connectivity index is 4.35. The van der Waals surface area contributed by atoms with Gasteiger partial charge in [0, 0.05) is 19.3 Å². The largest absolute Gasteiger partial charge is 0.462 e. The zero-order valence-electron chi connectivity index (χ0n) is 40.4. The first-order chi connectivity index (χ1) is 30.0. The molecule has 1 atom stereocenters. The SMILES string of the molecule is CCCCC/C=C\C/C=C\C/C=C\CCCCCCCCC(=O)OCC(COC(=O)CCCCCCCCCCCCCC)OC(=O)CCCCCCC/C=C\CCCCC. The van der Waals surface area contributed by atoms with E-state index in [0.717, 1.165) is 89.9 Å². The number of ether oxygens (including phenoxy) is 3. The minimum Gasteiger partial charge on any atom is -0.462 e. The second kappa shape index (κ2) is 50.0. The van der Waals surface area contributed by atoms with Crippen LogP contribution in [-0.4, -0.2) is 37.2 Å². The average molecular weight is 855 g/mol. The molecule has 0 spiro atoms. The first-order valence-corrected chi connectivity index (χ1v) is 26.1. The van der Waals surface area contributed by atoms with E-state index in [1.165, 1.54) is 135 Å². The van der Waals surface area contributed by atoms with Crippen LogP contribution in [-0.2, 0) is 28.6 Å². The number of unbranched alkanes of at least 4 members (excludes halogenated alkanes) is 28. The Kier molecular flexibility index (Phi) is 47.9. The first-order valence-electron chi connectivity index (χ1n) is 26.1. The van der Waals surface area contributed by atoms with Gasteiger partial charge >= 0.3 is 17.9 Å². The van der Waals surface area contributed by atoms with E-state index in [-0.39, 0.29) is 31.1 Å². The zero-order valence-corrected chi connectivity index (χ0v) is 40.4. The fourth-order valence-corrected chi connectivity index (χ4v) is 7.33. The molecule has 0 aliphatic heterocycles. The molecule has 0 saturated heterocycles. The highest BCUT2D eigenvalue weighted by atomic mass is 16.6. The highest BCUT2D eigenvalue weighted by molar-refractivity contribution is 5.71. The van der Waals surface area contributed by atoms with Gasteiger partial charge in [0.1, 0.15) is 13.2 Å². The molecule has 6 heteroatoms. The topological polar surface area (TPSA) is 78.9 Å². The van der Waals surface area contributed by atoms with Gasteiger partial charge in [-0.15, -0.1) is 0 Å². The maximum Gasteiger partial charge on any atom is 0.306 e. The van der Waals surface area contributed by atoms with Crippen molar-refractivity contribution >= 4 is 17.9 Å². The van der Waals surface area contributed by atoms with Crippen molar-refractivity contribution in [2.75, 3.05) is 13.2 Å². The van der Waals surface area contributed by atoms with Gasteiger partial charge in [0.25, 0.3) is 0 Å². The van der Waals surface area contributed by atoms with Crippen molar-refractivity contribution in [1.82, 2.24) is 0 Å². The molecule has 0 N–H and O–H groups in total. The molecule has 0 aliphatic carbocycles. The normalized spacial score (nSPS) is 12.4. The minimum absolute atomic E-state index is 0.0786. The Bertz CT molecular complexity index is 1070. The molecule has 0 aromatic rings. The minimum atomic E-state index is -0.779. The van der Waals surface area contributed by atoms with Gasteiger partial charge < -0.3 is 14.2 Å². The maximum atomic E-state index is 12.8. The Morgan fingerprint density at radius 3 is 0.967 bits per heavy atom. The second-order valence-corrected chi connectivity index (χ2v) is 17.4. The van der Waals surface area contributed by atoms with Crippen molar-refractivity contribution in [2.24, 2.45) is 0 Å². The third-order valence-electron chi connectivity index (χ3n) is 11.3. The summed E-state index contributed by atoms with van der Waals surface area (Å²) in [4.78, 5) is 37.9. The number of rotatable bonds is 47. The van der Waals surface area contributed by atoms with Crippen LogP contribution < -0.4 is 0 Å². The van der Waals surface area contributed by atoms with Crippen molar-refractivity contribution in [2.45, 2.75) is 271 Å². The predicted octanol–water partition coefficient (Wildman–Crippen LogP) is 17.1. The Morgan fingerprint density at radius 1 is 0.328 bits per heavy atom. The van der Waals surface area contributed by atoms with Crippen LogP contribution in [0.25, 0.3) is 0 Å². The molecular weight excluding hydrogens is 757 g/mol. The van der Waals surface area contributed by atoms with Crippen LogP contribution in [0.3, 0.4) is 0 Å². The molecule has 354 valence electrons. The third-order valence-corrected chi connectivity index (χ3v) is 11.3. The Labute approximate surface area is 378 Å². The van der Waals surface area contributed by atoms with Gasteiger partial charge in [-0.05, 0) is 83.5 Å². The lowest BCUT2D eigenvalue weighted by molar-refractivity contribution is -0.167. The average Bonchev–Trinajstić information content (AvgIpc) is 3.26. The number of hydrogen-bond acceptors (Lipinski definition) is 6. The molecule has 0 aromatic carbocycles. The Morgan fingerprint density at radius 2 is 0.590 bits per heavy atom. The molecule has 61 heavy (non-hydrogen) atoms. The molecule has 0 aliphatic rings. The van der Waals surface area contributed by atoms with E-state index < -0.39 is 6.10 Å². The smallest absolute Gasteiger partial charge is 0.306 e. The molecule has 0 rings (SSSR count). The van der Waals surface area contributed by atoms with E-state index in [1.807, 2.05) is 0 Å². The van der Waals surface area contributed by atoms with Crippen molar-refractivity contribution < 1.29 is 28.6 Å². The summed E-state index contributed by atoms with van der Waals surface area (Å²) in [6.07, 6.45) is 59.4. The predicted molar refractivity (Wildman–Crippen MR) is 261 cm³/mol. The summed E-state index contributed by atoms with van der Waals surface area (Å²) in [6, 6.07) is 0. The summed E-state index contributed by atoms with van der Waals surface area (Å²) in [5.41, 5.74) is 0. The van der Waals surface area contributed by atoms with Gasteiger partial charge in [-0.25, -0.2) is 0 Å². The zero-order chi connectivity index (χ0) is 44.4. The lowest BCUT2D eigenvalue weighted by Gasteiger charge is -2.18. The molecule has 0 bridgehead atoms. The molecule has 0 amide bonds. The number of esters is 3. The van der Waals surface area contributed by atoms with Crippen molar-refractivity contribution in [3.8, 4) is 0 Å². The molecule has 6 nitrogen and oxygen atoms in total. The van der Waals surface area contributed by atoms with E-state index in [1.54, 1.807) is 0 Å². The van der Waals surface area contributed by atoms with Crippen LogP contribution in [0.5, 0.6) is 0 Å². The molecule has 1 unspecified atom stereocenters. The van der Waals surface area contributed by atoms with E-state index in [4.69, 9.17) is 14.2 Å². The Hall–Kier alpha value is -2.63. The van der Waals surface area contributed by atoms with E-state index in [9.17, 15) is 14.4 Å². The van der Waals surface area contributed by atoms with Crippen molar-refractivity contribution in [3.05, 3.63) is 48.6 Å². The van der Waals surface area contributed by atoms with Crippen LogP contribution in [0.2, 0.25) is 0 Å². The highest BCUT2D eigenvalue weighted by Gasteiger charge is 2.19. The van der Waals surface area contributed by atoms with E-state index in [0.29, 0.717) is 19.3 Å².